The molecule has 1 heterocycles. The Balaban J connectivity index is 2.12. The molecule has 1 aromatic carbocycles. The number of hydrogen-bond donors (Lipinski definition) is 1. The first-order valence-corrected chi connectivity index (χ1v) is 5.92. The Bertz CT molecular complexity index is 466. The molecule has 2 rings (SSSR count). The first-order chi connectivity index (χ1) is 8.31. The number of aryl methyl sites for hydroxylation is 1. The van der Waals surface area contributed by atoms with E-state index < -0.39 is 0 Å². The lowest BCUT2D eigenvalue weighted by Crippen LogP contribution is -2.02. The molecule has 2 aromatic rings. The molecule has 0 saturated carbocycles. The maximum absolute atomic E-state index is 5.17. The van der Waals surface area contributed by atoms with Gasteiger partial charge in [-0.15, -0.1) is 10.2 Å². The third kappa shape index (κ3) is 2.84. The molecule has 90 valence electrons. The molecule has 0 fully saturated rings. The zero-order valence-corrected chi connectivity index (χ0v) is 10.2. The number of nitrogens with zero attached hydrogens (tertiary/aromatic N) is 2. The van der Waals surface area contributed by atoms with Gasteiger partial charge in [0, 0.05) is 17.8 Å². The molecule has 4 nitrogen and oxygen atoms in total. The van der Waals surface area contributed by atoms with E-state index in [1.54, 1.807) is 0 Å². The zero-order valence-electron chi connectivity index (χ0n) is 10.2. The van der Waals surface area contributed by atoms with E-state index in [0.29, 0.717) is 5.89 Å². The highest BCUT2D eigenvalue weighted by Crippen LogP contribution is 2.23. The first-order valence-electron chi connectivity index (χ1n) is 5.92. The number of hydrogen-bond acceptors (Lipinski definition) is 4. The predicted molar refractivity (Wildman–Crippen MR) is 67.9 cm³/mol. The lowest BCUT2D eigenvalue weighted by Gasteiger charge is -2.09. The summed E-state index contributed by atoms with van der Waals surface area (Å²) in [6, 6.07) is 6.11. The minimum absolute atomic E-state index is 0.563. The van der Waals surface area contributed by atoms with Crippen LogP contribution in [0.3, 0.4) is 0 Å². The quantitative estimate of drug-likeness (QED) is 0.802. The Kier molecular flexibility index (Phi) is 3.75. The van der Waals surface area contributed by atoms with Gasteiger partial charge in [0.05, 0.1) is 0 Å². The molecule has 0 aliphatic carbocycles. The maximum atomic E-state index is 5.17. The van der Waals surface area contributed by atoms with E-state index in [-0.39, 0.29) is 0 Å². The monoisotopic (exact) mass is 231 g/mol. The highest BCUT2D eigenvalue weighted by molar-refractivity contribution is 5.62. The van der Waals surface area contributed by atoms with Crippen molar-refractivity contribution in [3.05, 3.63) is 30.2 Å². The SMILES string of the molecule is CCCCNc1ccc(-c2nnco2)cc1C. The van der Waals surface area contributed by atoms with E-state index in [0.717, 1.165) is 12.1 Å². The van der Waals surface area contributed by atoms with Crippen LogP contribution in [0.1, 0.15) is 25.3 Å². The van der Waals surface area contributed by atoms with Crippen LogP contribution < -0.4 is 5.32 Å². The fourth-order valence-electron chi connectivity index (χ4n) is 1.69. The van der Waals surface area contributed by atoms with Gasteiger partial charge < -0.3 is 9.73 Å². The van der Waals surface area contributed by atoms with Crippen molar-refractivity contribution >= 4 is 5.69 Å². The first kappa shape index (κ1) is 11.6. The van der Waals surface area contributed by atoms with Crippen molar-refractivity contribution in [2.45, 2.75) is 26.7 Å². The van der Waals surface area contributed by atoms with Crippen LogP contribution >= 0.6 is 0 Å². The van der Waals surface area contributed by atoms with Crippen LogP contribution in [0.5, 0.6) is 0 Å². The van der Waals surface area contributed by atoms with Crippen molar-refractivity contribution < 1.29 is 4.42 Å². The fraction of sp³-hybridized carbons (Fsp3) is 0.385. The standard InChI is InChI=1S/C13H17N3O/c1-3-4-7-14-12-6-5-11(8-10(12)2)13-16-15-9-17-13/h5-6,8-9,14H,3-4,7H2,1-2H3. The summed E-state index contributed by atoms with van der Waals surface area (Å²) in [7, 11) is 0. The number of anilines is 1. The molecule has 0 aliphatic rings. The van der Waals surface area contributed by atoms with E-state index >= 15 is 0 Å². The summed E-state index contributed by atoms with van der Waals surface area (Å²) in [6.45, 7) is 5.28. The topological polar surface area (TPSA) is 51.0 Å². The van der Waals surface area contributed by atoms with Crippen molar-refractivity contribution in [3.8, 4) is 11.5 Å². The van der Waals surface area contributed by atoms with E-state index in [1.165, 1.54) is 30.5 Å². The largest absolute Gasteiger partial charge is 0.423 e. The van der Waals surface area contributed by atoms with Crippen molar-refractivity contribution in [3.63, 3.8) is 0 Å². The summed E-state index contributed by atoms with van der Waals surface area (Å²) in [6.07, 6.45) is 3.73. The molecule has 0 bridgehead atoms. The Morgan fingerprint density at radius 1 is 1.35 bits per heavy atom. The fourth-order valence-corrected chi connectivity index (χ4v) is 1.69. The second kappa shape index (κ2) is 5.48. The van der Waals surface area contributed by atoms with E-state index in [2.05, 4.69) is 41.5 Å². The molecule has 4 heteroatoms. The van der Waals surface area contributed by atoms with E-state index in [4.69, 9.17) is 4.42 Å². The van der Waals surface area contributed by atoms with Gasteiger partial charge in [0.2, 0.25) is 12.3 Å². The molecule has 0 amide bonds. The molecular formula is C13H17N3O. The van der Waals surface area contributed by atoms with Crippen molar-refractivity contribution in [1.82, 2.24) is 10.2 Å². The normalized spacial score (nSPS) is 10.5. The van der Waals surface area contributed by atoms with Crippen molar-refractivity contribution in [2.24, 2.45) is 0 Å². The predicted octanol–water partition coefficient (Wildman–Crippen LogP) is 3.26. The van der Waals surface area contributed by atoms with Gasteiger partial charge in [-0.25, -0.2) is 0 Å². The molecule has 1 N–H and O–H groups in total. The molecule has 17 heavy (non-hydrogen) atoms. The van der Waals surface area contributed by atoms with Gasteiger partial charge in [-0.2, -0.15) is 0 Å². The lowest BCUT2D eigenvalue weighted by molar-refractivity contribution is 0.568. The summed E-state index contributed by atoms with van der Waals surface area (Å²) in [5.74, 6) is 0.563. The van der Waals surface area contributed by atoms with Gasteiger partial charge >= 0.3 is 0 Å². The minimum Gasteiger partial charge on any atom is -0.423 e. The zero-order chi connectivity index (χ0) is 12.1. The molecule has 0 radical (unpaired) electrons. The number of nitrogens with one attached hydrogen (secondary N) is 1. The van der Waals surface area contributed by atoms with Gasteiger partial charge in [-0.3, -0.25) is 0 Å². The Morgan fingerprint density at radius 2 is 2.24 bits per heavy atom. The van der Waals surface area contributed by atoms with Gasteiger partial charge in [-0.1, -0.05) is 13.3 Å². The van der Waals surface area contributed by atoms with Crippen LogP contribution in [0, 0.1) is 6.92 Å². The Hall–Kier alpha value is -1.84. The van der Waals surface area contributed by atoms with E-state index in [9.17, 15) is 0 Å². The van der Waals surface area contributed by atoms with Crippen LogP contribution in [0.15, 0.2) is 29.0 Å². The average molecular weight is 231 g/mol. The van der Waals surface area contributed by atoms with Gasteiger partial charge in [0.25, 0.3) is 0 Å². The summed E-state index contributed by atoms with van der Waals surface area (Å²) in [5, 5.41) is 11.0. The minimum atomic E-state index is 0.563. The van der Waals surface area contributed by atoms with Gasteiger partial charge in [0.15, 0.2) is 0 Å². The Labute approximate surface area is 101 Å². The highest BCUT2D eigenvalue weighted by atomic mass is 16.4. The van der Waals surface area contributed by atoms with Gasteiger partial charge in [0.1, 0.15) is 0 Å². The Morgan fingerprint density at radius 3 is 2.88 bits per heavy atom. The van der Waals surface area contributed by atoms with Gasteiger partial charge in [-0.05, 0) is 37.1 Å². The number of aromatic nitrogens is 2. The summed E-state index contributed by atoms with van der Waals surface area (Å²) in [4.78, 5) is 0. The van der Waals surface area contributed by atoms with Crippen LogP contribution in [0.2, 0.25) is 0 Å². The lowest BCUT2D eigenvalue weighted by atomic mass is 10.1. The second-order valence-corrected chi connectivity index (χ2v) is 4.05. The van der Waals surface area contributed by atoms with Crippen LogP contribution in [0.25, 0.3) is 11.5 Å². The highest BCUT2D eigenvalue weighted by Gasteiger charge is 2.05. The maximum Gasteiger partial charge on any atom is 0.247 e. The number of rotatable bonds is 5. The molecule has 0 spiro atoms. The molecule has 0 unspecified atom stereocenters. The molecule has 0 aliphatic heterocycles. The van der Waals surface area contributed by atoms with Crippen LogP contribution in [-0.4, -0.2) is 16.7 Å². The number of benzene rings is 1. The second-order valence-electron chi connectivity index (χ2n) is 4.05. The average Bonchev–Trinajstić information content (AvgIpc) is 2.85. The van der Waals surface area contributed by atoms with Crippen molar-refractivity contribution in [2.75, 3.05) is 11.9 Å². The third-order valence-electron chi connectivity index (χ3n) is 2.68. The third-order valence-corrected chi connectivity index (χ3v) is 2.68. The molecular weight excluding hydrogens is 214 g/mol. The van der Waals surface area contributed by atoms with Crippen LogP contribution in [-0.2, 0) is 0 Å². The molecule has 0 saturated heterocycles. The molecule has 1 aromatic heterocycles. The van der Waals surface area contributed by atoms with Crippen molar-refractivity contribution in [1.29, 1.82) is 0 Å². The molecule has 0 atom stereocenters. The van der Waals surface area contributed by atoms with E-state index in [1.807, 2.05) is 6.07 Å². The summed E-state index contributed by atoms with van der Waals surface area (Å²) < 4.78 is 5.17. The smallest absolute Gasteiger partial charge is 0.247 e. The van der Waals surface area contributed by atoms with Crippen LogP contribution in [0.4, 0.5) is 5.69 Å². The number of unbranched alkanes of at least 4 members (excludes halogenated alkanes) is 1. The summed E-state index contributed by atoms with van der Waals surface area (Å²) >= 11 is 0. The summed E-state index contributed by atoms with van der Waals surface area (Å²) in [5.41, 5.74) is 3.32.